The molecule has 2 rings (SSSR count). The van der Waals surface area contributed by atoms with Crippen molar-refractivity contribution < 1.29 is 4.42 Å². The van der Waals surface area contributed by atoms with Crippen LogP contribution in [-0.2, 0) is 0 Å². The number of benzene rings is 1. The number of hydrogen-bond donors (Lipinski definition) is 1. The lowest BCUT2D eigenvalue weighted by molar-refractivity contribution is 0.507. The van der Waals surface area contributed by atoms with Crippen LogP contribution < -0.4 is 5.73 Å². The van der Waals surface area contributed by atoms with Crippen molar-refractivity contribution >= 4 is 11.8 Å². The maximum absolute atomic E-state index is 5.80. The molecule has 2 aromatic rings. The van der Waals surface area contributed by atoms with E-state index in [2.05, 4.69) is 32.0 Å². The van der Waals surface area contributed by atoms with E-state index in [0.717, 1.165) is 5.76 Å². The SMILES string of the molecule is Cc1ccc(SC(CN)c2ccco2)cc1C. The van der Waals surface area contributed by atoms with Gasteiger partial charge in [-0.25, -0.2) is 0 Å². The van der Waals surface area contributed by atoms with Crippen LogP contribution >= 0.6 is 11.8 Å². The third-order valence-corrected chi connectivity index (χ3v) is 4.07. The topological polar surface area (TPSA) is 39.2 Å². The van der Waals surface area contributed by atoms with Crippen LogP contribution in [0.15, 0.2) is 45.9 Å². The first-order valence-electron chi connectivity index (χ1n) is 5.68. The fraction of sp³-hybridized carbons (Fsp3) is 0.286. The van der Waals surface area contributed by atoms with E-state index >= 15 is 0 Å². The number of thioether (sulfide) groups is 1. The van der Waals surface area contributed by atoms with E-state index in [9.17, 15) is 0 Å². The average molecular weight is 247 g/mol. The van der Waals surface area contributed by atoms with Gasteiger partial charge in [0.25, 0.3) is 0 Å². The summed E-state index contributed by atoms with van der Waals surface area (Å²) in [6.07, 6.45) is 1.69. The predicted octanol–water partition coefficient (Wildman–Crippen LogP) is 3.69. The van der Waals surface area contributed by atoms with E-state index < -0.39 is 0 Å². The Morgan fingerprint density at radius 1 is 1.24 bits per heavy atom. The number of furan rings is 1. The van der Waals surface area contributed by atoms with E-state index in [0.29, 0.717) is 6.54 Å². The van der Waals surface area contributed by atoms with Crippen molar-refractivity contribution in [3.63, 3.8) is 0 Å². The molecule has 0 aliphatic carbocycles. The molecule has 2 N–H and O–H groups in total. The molecule has 0 amide bonds. The molecule has 0 fully saturated rings. The van der Waals surface area contributed by atoms with Crippen molar-refractivity contribution in [3.05, 3.63) is 53.5 Å². The molecule has 0 bridgehead atoms. The molecule has 0 aliphatic rings. The fourth-order valence-corrected chi connectivity index (χ4v) is 2.71. The van der Waals surface area contributed by atoms with Crippen LogP contribution in [0, 0.1) is 13.8 Å². The average Bonchev–Trinajstić information content (AvgIpc) is 2.84. The van der Waals surface area contributed by atoms with Crippen LogP contribution in [0.3, 0.4) is 0 Å². The largest absolute Gasteiger partial charge is 0.468 e. The van der Waals surface area contributed by atoms with Crippen molar-refractivity contribution in [2.24, 2.45) is 5.73 Å². The summed E-state index contributed by atoms with van der Waals surface area (Å²) in [5.74, 6) is 0.940. The van der Waals surface area contributed by atoms with Gasteiger partial charge in [-0.1, -0.05) is 6.07 Å². The Morgan fingerprint density at radius 3 is 2.65 bits per heavy atom. The van der Waals surface area contributed by atoms with E-state index in [-0.39, 0.29) is 5.25 Å². The molecule has 2 nitrogen and oxygen atoms in total. The summed E-state index contributed by atoms with van der Waals surface area (Å²) in [5, 5.41) is 0.187. The van der Waals surface area contributed by atoms with Crippen molar-refractivity contribution in [2.75, 3.05) is 6.54 Å². The van der Waals surface area contributed by atoms with E-state index in [4.69, 9.17) is 10.2 Å². The smallest absolute Gasteiger partial charge is 0.118 e. The van der Waals surface area contributed by atoms with Crippen LogP contribution in [0.25, 0.3) is 0 Å². The van der Waals surface area contributed by atoms with Gasteiger partial charge in [0.05, 0.1) is 11.5 Å². The Labute approximate surface area is 106 Å². The highest BCUT2D eigenvalue weighted by molar-refractivity contribution is 7.99. The second kappa shape index (κ2) is 5.43. The third kappa shape index (κ3) is 2.93. The van der Waals surface area contributed by atoms with Crippen LogP contribution in [0.5, 0.6) is 0 Å². The van der Waals surface area contributed by atoms with Crippen molar-refractivity contribution in [1.82, 2.24) is 0 Å². The number of aryl methyl sites for hydroxylation is 2. The van der Waals surface area contributed by atoms with Crippen LogP contribution in [0.4, 0.5) is 0 Å². The summed E-state index contributed by atoms with van der Waals surface area (Å²) in [7, 11) is 0. The summed E-state index contributed by atoms with van der Waals surface area (Å²) < 4.78 is 5.41. The third-order valence-electron chi connectivity index (χ3n) is 2.83. The Hall–Kier alpha value is -1.19. The van der Waals surface area contributed by atoms with Gasteiger partial charge in [0.1, 0.15) is 5.76 Å². The molecular formula is C14H17NOS. The highest BCUT2D eigenvalue weighted by atomic mass is 32.2. The summed E-state index contributed by atoms with van der Waals surface area (Å²) in [4.78, 5) is 1.24. The molecule has 1 unspecified atom stereocenters. The normalized spacial score (nSPS) is 12.6. The van der Waals surface area contributed by atoms with Crippen molar-refractivity contribution in [2.45, 2.75) is 24.0 Å². The molecular weight excluding hydrogens is 230 g/mol. The fourth-order valence-electron chi connectivity index (χ4n) is 1.65. The van der Waals surface area contributed by atoms with Gasteiger partial charge in [-0.05, 0) is 49.2 Å². The highest BCUT2D eigenvalue weighted by Crippen LogP contribution is 2.35. The zero-order chi connectivity index (χ0) is 12.3. The maximum Gasteiger partial charge on any atom is 0.118 e. The summed E-state index contributed by atoms with van der Waals surface area (Å²) in [5.41, 5.74) is 8.43. The molecule has 3 heteroatoms. The first-order chi connectivity index (χ1) is 8.20. The van der Waals surface area contributed by atoms with E-state index in [1.807, 2.05) is 12.1 Å². The second-order valence-electron chi connectivity index (χ2n) is 4.10. The number of nitrogens with two attached hydrogens (primary N) is 1. The molecule has 0 radical (unpaired) electrons. The Morgan fingerprint density at radius 2 is 2.06 bits per heavy atom. The van der Waals surface area contributed by atoms with Gasteiger partial charge in [0, 0.05) is 11.4 Å². The molecule has 1 heterocycles. The zero-order valence-corrected chi connectivity index (χ0v) is 11.0. The molecule has 0 aliphatic heterocycles. The van der Waals surface area contributed by atoms with Crippen molar-refractivity contribution in [3.8, 4) is 0 Å². The monoisotopic (exact) mass is 247 g/mol. The van der Waals surface area contributed by atoms with Crippen LogP contribution in [0.1, 0.15) is 22.1 Å². The van der Waals surface area contributed by atoms with Crippen molar-refractivity contribution in [1.29, 1.82) is 0 Å². The molecule has 0 spiro atoms. The van der Waals surface area contributed by atoms with Gasteiger partial charge in [0.2, 0.25) is 0 Å². The minimum atomic E-state index is 0.187. The minimum Gasteiger partial charge on any atom is -0.468 e. The lowest BCUT2D eigenvalue weighted by Gasteiger charge is -2.12. The zero-order valence-electron chi connectivity index (χ0n) is 10.1. The lowest BCUT2D eigenvalue weighted by atomic mass is 10.1. The molecule has 1 atom stereocenters. The minimum absolute atomic E-state index is 0.187. The summed E-state index contributed by atoms with van der Waals surface area (Å²) >= 11 is 1.75. The molecule has 0 saturated carbocycles. The van der Waals surface area contributed by atoms with Gasteiger partial charge >= 0.3 is 0 Å². The molecule has 90 valence electrons. The molecule has 17 heavy (non-hydrogen) atoms. The van der Waals surface area contributed by atoms with E-state index in [1.54, 1.807) is 18.0 Å². The highest BCUT2D eigenvalue weighted by Gasteiger charge is 2.14. The first kappa shape index (κ1) is 12.3. The Balaban J connectivity index is 2.16. The van der Waals surface area contributed by atoms with E-state index in [1.165, 1.54) is 16.0 Å². The predicted molar refractivity (Wildman–Crippen MR) is 72.3 cm³/mol. The quantitative estimate of drug-likeness (QED) is 0.837. The number of hydrogen-bond acceptors (Lipinski definition) is 3. The maximum atomic E-state index is 5.80. The van der Waals surface area contributed by atoms with Gasteiger partial charge < -0.3 is 10.2 Å². The first-order valence-corrected chi connectivity index (χ1v) is 6.56. The molecule has 0 saturated heterocycles. The Kier molecular flexibility index (Phi) is 3.92. The summed E-state index contributed by atoms with van der Waals surface area (Å²) in [6, 6.07) is 10.4. The lowest BCUT2D eigenvalue weighted by Crippen LogP contribution is -2.08. The van der Waals surface area contributed by atoms with Gasteiger partial charge in [0.15, 0.2) is 0 Å². The standard InChI is InChI=1S/C14H17NOS/c1-10-5-6-12(8-11(10)2)17-14(9-15)13-4-3-7-16-13/h3-8,14H,9,15H2,1-2H3. The summed E-state index contributed by atoms with van der Waals surface area (Å²) in [6.45, 7) is 4.82. The molecule has 1 aromatic carbocycles. The van der Waals surface area contributed by atoms with Gasteiger partial charge in [-0.2, -0.15) is 0 Å². The molecule has 1 aromatic heterocycles. The number of rotatable bonds is 4. The van der Waals surface area contributed by atoms with Crippen LogP contribution in [-0.4, -0.2) is 6.54 Å². The van der Waals surface area contributed by atoms with Gasteiger partial charge in [-0.3, -0.25) is 0 Å². The second-order valence-corrected chi connectivity index (χ2v) is 5.38. The van der Waals surface area contributed by atoms with Gasteiger partial charge in [-0.15, -0.1) is 11.8 Å². The van der Waals surface area contributed by atoms with Crippen LogP contribution in [0.2, 0.25) is 0 Å². The Bertz CT molecular complexity index is 479.